The first-order chi connectivity index (χ1) is 12.6. The maximum atomic E-state index is 12.2. The molecule has 2 N–H and O–H groups in total. The molecule has 5 heteroatoms. The molecule has 0 aliphatic rings. The summed E-state index contributed by atoms with van der Waals surface area (Å²) < 4.78 is 11.4. The van der Waals surface area contributed by atoms with Crippen molar-refractivity contribution in [2.24, 2.45) is 5.92 Å². The first kappa shape index (κ1) is 19.6. The van der Waals surface area contributed by atoms with Crippen molar-refractivity contribution in [2.75, 3.05) is 30.4 Å². The van der Waals surface area contributed by atoms with Crippen LogP contribution in [-0.2, 0) is 4.79 Å². The molecule has 0 aromatic heterocycles. The topological polar surface area (TPSA) is 59.6 Å². The normalized spacial score (nSPS) is 10.5. The second-order valence-electron chi connectivity index (χ2n) is 6.48. The first-order valence-corrected chi connectivity index (χ1v) is 9.07. The van der Waals surface area contributed by atoms with Crippen LogP contribution in [0.5, 0.6) is 11.5 Å². The quantitative estimate of drug-likeness (QED) is 0.655. The van der Waals surface area contributed by atoms with Crippen LogP contribution < -0.4 is 20.1 Å². The summed E-state index contributed by atoms with van der Waals surface area (Å²) in [6, 6.07) is 15.1. The Balaban J connectivity index is 1.89. The fourth-order valence-electron chi connectivity index (χ4n) is 2.26. The third-order valence-electron chi connectivity index (χ3n) is 3.49. The molecule has 2 aromatic rings. The van der Waals surface area contributed by atoms with Crippen molar-refractivity contribution < 1.29 is 14.3 Å². The van der Waals surface area contributed by atoms with E-state index >= 15 is 0 Å². The summed E-state index contributed by atoms with van der Waals surface area (Å²) in [5.74, 6) is 1.82. The summed E-state index contributed by atoms with van der Waals surface area (Å²) in [4.78, 5) is 12.2. The summed E-state index contributed by atoms with van der Waals surface area (Å²) in [7, 11) is 0. The SMILES string of the molecule is CCCOc1cccc(NC(=O)CNc2ccccc2OCC(C)C)c1. The molecule has 0 heterocycles. The van der Waals surface area contributed by atoms with Crippen LogP contribution in [0.1, 0.15) is 27.2 Å². The van der Waals surface area contributed by atoms with Gasteiger partial charge in [-0.1, -0.05) is 39.0 Å². The predicted octanol–water partition coefficient (Wildman–Crippen LogP) is 4.56. The van der Waals surface area contributed by atoms with Gasteiger partial charge in [0, 0.05) is 11.8 Å². The number of anilines is 2. The number of carbonyl (C=O) groups is 1. The number of carbonyl (C=O) groups excluding carboxylic acids is 1. The molecule has 2 aromatic carbocycles. The minimum absolute atomic E-state index is 0.128. The molecule has 0 radical (unpaired) electrons. The Labute approximate surface area is 155 Å². The highest BCUT2D eigenvalue weighted by Crippen LogP contribution is 2.24. The number of amides is 1. The van der Waals surface area contributed by atoms with Crippen molar-refractivity contribution in [3.8, 4) is 11.5 Å². The minimum Gasteiger partial charge on any atom is -0.494 e. The number of hydrogen-bond donors (Lipinski definition) is 2. The van der Waals surface area contributed by atoms with Crippen molar-refractivity contribution in [3.05, 3.63) is 48.5 Å². The van der Waals surface area contributed by atoms with E-state index in [9.17, 15) is 4.79 Å². The van der Waals surface area contributed by atoms with E-state index in [0.29, 0.717) is 19.1 Å². The summed E-state index contributed by atoms with van der Waals surface area (Å²) in [5, 5.41) is 6.01. The lowest BCUT2D eigenvalue weighted by molar-refractivity contribution is -0.114. The van der Waals surface area contributed by atoms with Gasteiger partial charge < -0.3 is 20.1 Å². The highest BCUT2D eigenvalue weighted by Gasteiger charge is 2.07. The van der Waals surface area contributed by atoms with E-state index in [1.807, 2.05) is 48.5 Å². The maximum absolute atomic E-state index is 12.2. The molecule has 2 rings (SSSR count). The fraction of sp³-hybridized carbons (Fsp3) is 0.381. The summed E-state index contributed by atoms with van der Waals surface area (Å²) in [6.45, 7) is 7.70. The molecular formula is C21H28N2O3. The molecule has 0 spiro atoms. The Morgan fingerprint density at radius 3 is 2.65 bits per heavy atom. The van der Waals surface area contributed by atoms with Gasteiger partial charge in [0.25, 0.3) is 0 Å². The van der Waals surface area contributed by atoms with Crippen LogP contribution in [0, 0.1) is 5.92 Å². The van der Waals surface area contributed by atoms with Crippen LogP contribution in [0.15, 0.2) is 48.5 Å². The number of para-hydroxylation sites is 2. The zero-order valence-corrected chi connectivity index (χ0v) is 15.7. The van der Waals surface area contributed by atoms with Crippen molar-refractivity contribution in [1.29, 1.82) is 0 Å². The largest absolute Gasteiger partial charge is 0.494 e. The lowest BCUT2D eigenvalue weighted by Crippen LogP contribution is -2.22. The third kappa shape index (κ3) is 6.67. The van der Waals surface area contributed by atoms with Gasteiger partial charge >= 0.3 is 0 Å². The maximum Gasteiger partial charge on any atom is 0.243 e. The lowest BCUT2D eigenvalue weighted by Gasteiger charge is -2.14. The van der Waals surface area contributed by atoms with Gasteiger partial charge in [-0.05, 0) is 36.6 Å². The van der Waals surface area contributed by atoms with Gasteiger partial charge in [0.2, 0.25) is 5.91 Å². The van der Waals surface area contributed by atoms with E-state index < -0.39 is 0 Å². The van der Waals surface area contributed by atoms with Gasteiger partial charge in [0.05, 0.1) is 25.4 Å². The average molecular weight is 356 g/mol. The zero-order chi connectivity index (χ0) is 18.8. The van der Waals surface area contributed by atoms with Gasteiger partial charge in [0.1, 0.15) is 11.5 Å². The zero-order valence-electron chi connectivity index (χ0n) is 15.7. The van der Waals surface area contributed by atoms with Crippen LogP contribution in [0.25, 0.3) is 0 Å². The van der Waals surface area contributed by atoms with Gasteiger partial charge in [-0.25, -0.2) is 0 Å². The molecule has 0 bridgehead atoms. The van der Waals surface area contributed by atoms with Crippen LogP contribution in [0.3, 0.4) is 0 Å². The molecule has 0 aliphatic carbocycles. The Morgan fingerprint density at radius 2 is 1.88 bits per heavy atom. The van der Waals surface area contributed by atoms with Gasteiger partial charge in [0.15, 0.2) is 0 Å². The Hall–Kier alpha value is -2.69. The second kappa shape index (κ2) is 10.3. The fourth-order valence-corrected chi connectivity index (χ4v) is 2.26. The van der Waals surface area contributed by atoms with Crippen LogP contribution >= 0.6 is 0 Å². The second-order valence-corrected chi connectivity index (χ2v) is 6.48. The molecule has 0 fully saturated rings. The highest BCUT2D eigenvalue weighted by molar-refractivity contribution is 5.94. The van der Waals surface area contributed by atoms with E-state index in [2.05, 4.69) is 31.4 Å². The monoisotopic (exact) mass is 356 g/mol. The van der Waals surface area contributed by atoms with Crippen LogP contribution in [-0.4, -0.2) is 25.7 Å². The molecule has 1 amide bonds. The van der Waals surface area contributed by atoms with Crippen molar-refractivity contribution in [1.82, 2.24) is 0 Å². The number of ether oxygens (including phenoxy) is 2. The molecule has 0 unspecified atom stereocenters. The molecule has 5 nitrogen and oxygen atoms in total. The molecule has 0 aliphatic heterocycles. The van der Waals surface area contributed by atoms with E-state index in [1.165, 1.54) is 0 Å². The highest BCUT2D eigenvalue weighted by atomic mass is 16.5. The average Bonchev–Trinajstić information content (AvgIpc) is 2.64. The summed E-state index contributed by atoms with van der Waals surface area (Å²) in [5.41, 5.74) is 1.53. The van der Waals surface area contributed by atoms with Gasteiger partial charge in [-0.15, -0.1) is 0 Å². The molecule has 140 valence electrons. The number of rotatable bonds is 10. The molecule has 0 saturated carbocycles. The summed E-state index contributed by atoms with van der Waals surface area (Å²) >= 11 is 0. The van der Waals surface area contributed by atoms with E-state index in [1.54, 1.807) is 0 Å². The molecule has 0 atom stereocenters. The van der Waals surface area contributed by atoms with Crippen molar-refractivity contribution in [3.63, 3.8) is 0 Å². The lowest BCUT2D eigenvalue weighted by atomic mass is 10.2. The van der Waals surface area contributed by atoms with Crippen LogP contribution in [0.4, 0.5) is 11.4 Å². The van der Waals surface area contributed by atoms with Gasteiger partial charge in [-0.3, -0.25) is 4.79 Å². The molecule has 26 heavy (non-hydrogen) atoms. The van der Waals surface area contributed by atoms with E-state index in [0.717, 1.165) is 29.3 Å². The first-order valence-electron chi connectivity index (χ1n) is 9.07. The summed E-state index contributed by atoms with van der Waals surface area (Å²) in [6.07, 6.45) is 0.943. The Morgan fingerprint density at radius 1 is 1.08 bits per heavy atom. The van der Waals surface area contributed by atoms with Crippen molar-refractivity contribution >= 4 is 17.3 Å². The number of hydrogen-bond acceptors (Lipinski definition) is 4. The number of nitrogens with one attached hydrogen (secondary N) is 2. The smallest absolute Gasteiger partial charge is 0.243 e. The van der Waals surface area contributed by atoms with E-state index in [4.69, 9.17) is 9.47 Å². The van der Waals surface area contributed by atoms with Gasteiger partial charge in [-0.2, -0.15) is 0 Å². The molecular weight excluding hydrogens is 328 g/mol. The third-order valence-corrected chi connectivity index (χ3v) is 3.49. The predicted molar refractivity (Wildman–Crippen MR) is 106 cm³/mol. The van der Waals surface area contributed by atoms with Crippen LogP contribution in [0.2, 0.25) is 0 Å². The Bertz CT molecular complexity index is 701. The standard InChI is InChI=1S/C21H28N2O3/c1-4-12-25-18-9-7-8-17(13-18)23-21(24)14-22-19-10-5-6-11-20(19)26-15-16(2)3/h5-11,13,16,22H,4,12,14-15H2,1-3H3,(H,23,24). The Kier molecular flexibility index (Phi) is 7.80. The minimum atomic E-state index is -0.128. The number of benzene rings is 2. The molecule has 0 saturated heterocycles. The van der Waals surface area contributed by atoms with E-state index in [-0.39, 0.29) is 12.5 Å². The van der Waals surface area contributed by atoms with Crippen molar-refractivity contribution in [2.45, 2.75) is 27.2 Å².